The number of allylic oxidation sites excluding steroid dienone is 1. The second-order valence-corrected chi connectivity index (χ2v) is 11.0. The molecule has 2 aliphatic carbocycles. The van der Waals surface area contributed by atoms with Gasteiger partial charge in [0.25, 0.3) is 0 Å². The van der Waals surface area contributed by atoms with E-state index in [0.717, 1.165) is 0 Å². The van der Waals surface area contributed by atoms with Crippen LogP contribution in [0.2, 0.25) is 0 Å². The molecule has 0 unspecified atom stereocenters. The van der Waals surface area contributed by atoms with Crippen LogP contribution in [0.4, 0.5) is 0 Å². The fourth-order valence-corrected chi connectivity index (χ4v) is 7.17. The summed E-state index contributed by atoms with van der Waals surface area (Å²) < 4.78 is 23.0. The Labute approximate surface area is 185 Å². The van der Waals surface area contributed by atoms with Crippen LogP contribution in [0.5, 0.6) is 0 Å². The molecule has 8 atom stereocenters. The molecule has 8 heteroatoms. The molecule has 0 aromatic rings. The Bertz CT molecular complexity index is 1080. The maximum absolute atomic E-state index is 14.0. The van der Waals surface area contributed by atoms with E-state index >= 15 is 0 Å². The molecule has 0 amide bonds. The van der Waals surface area contributed by atoms with Crippen molar-refractivity contribution in [3.63, 3.8) is 0 Å². The maximum atomic E-state index is 14.0. The molecular weight excluding hydrogens is 416 g/mol. The molecule has 3 saturated heterocycles. The number of rotatable bonds is 0. The first-order chi connectivity index (χ1) is 14.9. The smallest absolute Gasteiger partial charge is 0.332 e. The van der Waals surface area contributed by atoms with Gasteiger partial charge in [-0.2, -0.15) is 0 Å². The summed E-state index contributed by atoms with van der Waals surface area (Å²) in [6.45, 7) is 9.04. The van der Waals surface area contributed by atoms with Gasteiger partial charge in [-0.1, -0.05) is 6.92 Å². The predicted molar refractivity (Wildman–Crippen MR) is 107 cm³/mol. The molecule has 4 heterocycles. The highest BCUT2D eigenvalue weighted by atomic mass is 16.7. The van der Waals surface area contributed by atoms with Gasteiger partial charge in [-0.25, -0.2) is 4.79 Å². The van der Waals surface area contributed by atoms with E-state index in [2.05, 4.69) is 0 Å². The van der Waals surface area contributed by atoms with Crippen LogP contribution in [0.1, 0.15) is 41.0 Å². The van der Waals surface area contributed by atoms with Gasteiger partial charge in [-0.05, 0) is 40.2 Å². The minimum absolute atomic E-state index is 0.198. The Kier molecular flexibility index (Phi) is 3.55. The number of epoxide rings is 1. The van der Waals surface area contributed by atoms with Crippen LogP contribution < -0.4 is 0 Å². The minimum atomic E-state index is -1.15. The lowest BCUT2D eigenvalue weighted by Gasteiger charge is -2.56. The molecule has 0 N–H and O–H groups in total. The molecule has 1 saturated carbocycles. The zero-order valence-electron chi connectivity index (χ0n) is 18.7. The second-order valence-electron chi connectivity index (χ2n) is 11.0. The third-order valence-corrected chi connectivity index (χ3v) is 8.96. The Morgan fingerprint density at radius 1 is 1.00 bits per heavy atom. The van der Waals surface area contributed by atoms with Crippen molar-refractivity contribution in [2.24, 2.45) is 28.6 Å². The molecule has 4 aliphatic heterocycles. The number of cyclic esters (lactones) is 1. The van der Waals surface area contributed by atoms with Crippen molar-refractivity contribution in [1.82, 2.24) is 0 Å². The number of carbonyl (C=O) groups excluding carboxylic acids is 4. The summed E-state index contributed by atoms with van der Waals surface area (Å²) in [6.07, 6.45) is 1.58. The first kappa shape index (κ1) is 20.3. The molecule has 4 fully saturated rings. The van der Waals surface area contributed by atoms with Crippen molar-refractivity contribution in [3.05, 3.63) is 23.3 Å². The Morgan fingerprint density at radius 2 is 1.69 bits per heavy atom. The van der Waals surface area contributed by atoms with Crippen LogP contribution in [-0.2, 0) is 38.1 Å². The van der Waals surface area contributed by atoms with Gasteiger partial charge in [0, 0.05) is 40.4 Å². The molecule has 0 radical (unpaired) electrons. The van der Waals surface area contributed by atoms with Gasteiger partial charge in [-0.15, -0.1) is 0 Å². The van der Waals surface area contributed by atoms with Crippen molar-refractivity contribution in [1.29, 1.82) is 0 Å². The molecule has 170 valence electrons. The van der Waals surface area contributed by atoms with Gasteiger partial charge in [0.1, 0.15) is 17.3 Å². The molecule has 32 heavy (non-hydrogen) atoms. The topological polar surface area (TPSA) is 108 Å². The van der Waals surface area contributed by atoms with Gasteiger partial charge in [0.15, 0.2) is 11.6 Å². The van der Waals surface area contributed by atoms with Crippen LogP contribution in [0, 0.1) is 28.6 Å². The molecule has 0 aromatic carbocycles. The van der Waals surface area contributed by atoms with Crippen molar-refractivity contribution in [2.75, 3.05) is 6.61 Å². The number of hydrogen-bond donors (Lipinski definition) is 0. The summed E-state index contributed by atoms with van der Waals surface area (Å²) in [4.78, 5) is 53.1. The van der Waals surface area contributed by atoms with Gasteiger partial charge in [0.2, 0.25) is 6.29 Å². The quantitative estimate of drug-likeness (QED) is 0.412. The van der Waals surface area contributed by atoms with E-state index in [-0.39, 0.29) is 11.6 Å². The number of ketones is 2. The lowest BCUT2D eigenvalue weighted by atomic mass is 9.45. The predicted octanol–water partition coefficient (Wildman–Crippen LogP) is 1.66. The van der Waals surface area contributed by atoms with Gasteiger partial charge in [0.05, 0.1) is 12.0 Å². The average Bonchev–Trinajstić information content (AvgIpc) is 3.45. The lowest BCUT2D eigenvalue weighted by molar-refractivity contribution is -0.221. The second kappa shape index (κ2) is 5.59. The van der Waals surface area contributed by atoms with Gasteiger partial charge in [-0.3, -0.25) is 14.4 Å². The standard InChI is InChI=1S/C24H26O8/c1-10-18(27)16-17-19(30-10)31-20(28)22(17,4)8-13-23(16,5)14(25)6-11-12(24(13)9-29-24)7-15(26)32-21(11,2)3/h6-7,10,13,16-17,19H,8-9H2,1-5H3/t10-,13+,16-,17-,19+,22-,23+,24-/m0/s1. The van der Waals surface area contributed by atoms with Crippen molar-refractivity contribution >= 4 is 23.5 Å². The Balaban J connectivity index is 1.62. The van der Waals surface area contributed by atoms with E-state index in [1.165, 1.54) is 12.2 Å². The number of esters is 2. The molecule has 6 aliphatic rings. The monoisotopic (exact) mass is 442 g/mol. The molecular formula is C24H26O8. The van der Waals surface area contributed by atoms with Gasteiger partial charge < -0.3 is 18.9 Å². The van der Waals surface area contributed by atoms with E-state index in [0.29, 0.717) is 24.2 Å². The third kappa shape index (κ3) is 2.11. The highest BCUT2D eigenvalue weighted by Gasteiger charge is 2.77. The lowest BCUT2D eigenvalue weighted by Crippen LogP contribution is -2.65. The number of ether oxygens (including phenoxy) is 4. The normalized spacial score (nSPS) is 50.3. The fourth-order valence-electron chi connectivity index (χ4n) is 7.17. The summed E-state index contributed by atoms with van der Waals surface area (Å²) in [7, 11) is 0. The molecule has 1 spiro atoms. The number of carbonyl (C=O) groups is 4. The van der Waals surface area contributed by atoms with Crippen molar-refractivity contribution in [2.45, 2.75) is 64.6 Å². The van der Waals surface area contributed by atoms with E-state index < -0.39 is 64.1 Å². The summed E-state index contributed by atoms with van der Waals surface area (Å²) in [5, 5.41) is 0. The van der Waals surface area contributed by atoms with Crippen LogP contribution in [0.15, 0.2) is 23.3 Å². The number of Topliss-reactive ketones (excluding diaryl/α,β-unsaturated/α-hetero) is 1. The third-order valence-electron chi connectivity index (χ3n) is 8.96. The summed E-state index contributed by atoms with van der Waals surface area (Å²) >= 11 is 0. The van der Waals surface area contributed by atoms with E-state index in [1.54, 1.807) is 27.7 Å². The van der Waals surface area contributed by atoms with E-state index in [1.807, 2.05) is 6.92 Å². The number of hydrogen-bond acceptors (Lipinski definition) is 8. The largest absolute Gasteiger partial charge is 0.452 e. The summed E-state index contributed by atoms with van der Waals surface area (Å²) in [5.41, 5.74) is -2.88. The van der Waals surface area contributed by atoms with Gasteiger partial charge >= 0.3 is 11.9 Å². The molecule has 0 aromatic heterocycles. The summed E-state index contributed by atoms with van der Waals surface area (Å²) in [5.74, 6) is -3.14. The zero-order valence-corrected chi connectivity index (χ0v) is 18.7. The fraction of sp³-hybridized carbons (Fsp3) is 0.667. The first-order valence-electron chi connectivity index (χ1n) is 11.1. The maximum Gasteiger partial charge on any atom is 0.332 e. The van der Waals surface area contributed by atoms with Crippen LogP contribution in [0.25, 0.3) is 0 Å². The van der Waals surface area contributed by atoms with Crippen LogP contribution >= 0.6 is 0 Å². The van der Waals surface area contributed by atoms with E-state index in [4.69, 9.17) is 18.9 Å². The number of fused-ring (bicyclic) bond motifs is 5. The van der Waals surface area contributed by atoms with Crippen LogP contribution in [-0.4, -0.2) is 53.7 Å². The minimum Gasteiger partial charge on any atom is -0.452 e. The molecule has 0 bridgehead atoms. The SMILES string of the molecule is C[C@@H]1O[C@@H]2OC(=O)[C@@]3(C)C[C@@H]4[C@](C)(C(=O)C=C5C(=CC(=O)OC5(C)C)[C@@]45CO5)[C@H](C1=O)[C@@H]23. The Morgan fingerprint density at radius 3 is 2.34 bits per heavy atom. The van der Waals surface area contributed by atoms with Crippen molar-refractivity contribution in [3.8, 4) is 0 Å². The Hall–Kier alpha value is -2.32. The summed E-state index contributed by atoms with van der Waals surface area (Å²) in [6, 6.07) is 0. The molecule has 6 rings (SSSR count). The van der Waals surface area contributed by atoms with Crippen LogP contribution in [0.3, 0.4) is 0 Å². The van der Waals surface area contributed by atoms with Crippen molar-refractivity contribution < 1.29 is 38.1 Å². The zero-order chi connectivity index (χ0) is 23.0. The molecule has 8 nitrogen and oxygen atoms in total. The first-order valence-corrected chi connectivity index (χ1v) is 11.1. The highest BCUT2D eigenvalue weighted by molar-refractivity contribution is 6.04. The van der Waals surface area contributed by atoms with E-state index in [9.17, 15) is 19.2 Å². The average molecular weight is 442 g/mol. The highest BCUT2D eigenvalue weighted by Crippen LogP contribution is 2.69.